The van der Waals surface area contributed by atoms with Crippen molar-refractivity contribution in [1.82, 2.24) is 0 Å². The van der Waals surface area contributed by atoms with Crippen molar-refractivity contribution in [1.29, 1.82) is 5.26 Å². The van der Waals surface area contributed by atoms with E-state index in [0.717, 1.165) is 17.3 Å². The number of nitriles is 1. The number of ether oxygens (including phenoxy) is 2. The second kappa shape index (κ2) is 7.46. The second-order valence-corrected chi connectivity index (χ2v) is 5.18. The fourth-order valence-corrected chi connectivity index (χ4v) is 2.38. The van der Waals surface area contributed by atoms with Crippen LogP contribution in [0.1, 0.15) is 5.56 Å². The molecule has 3 nitrogen and oxygen atoms in total. The first-order chi connectivity index (χ1) is 9.81. The van der Waals surface area contributed by atoms with Gasteiger partial charge in [0.05, 0.1) is 25.3 Å². The molecule has 4 heteroatoms. The van der Waals surface area contributed by atoms with Crippen LogP contribution in [0, 0.1) is 11.3 Å². The topological polar surface area (TPSA) is 42.2 Å². The van der Waals surface area contributed by atoms with Crippen LogP contribution in [0.25, 0.3) is 0 Å². The number of rotatable bonds is 6. The summed E-state index contributed by atoms with van der Waals surface area (Å²) in [6.45, 7) is 0.603. The highest BCUT2D eigenvalue weighted by atomic mass is 32.2. The average Bonchev–Trinajstić information content (AvgIpc) is 2.52. The number of methoxy groups -OCH3 is 1. The largest absolute Gasteiger partial charge is 0.497 e. The van der Waals surface area contributed by atoms with Crippen LogP contribution in [0.4, 0.5) is 0 Å². The van der Waals surface area contributed by atoms with Crippen LogP contribution in [0.15, 0.2) is 53.4 Å². The zero-order chi connectivity index (χ0) is 14.2. The maximum atomic E-state index is 8.81. The Morgan fingerprint density at radius 1 is 1.10 bits per heavy atom. The Hall–Kier alpha value is -2.12. The fraction of sp³-hybridized carbons (Fsp3) is 0.188. The lowest BCUT2D eigenvalue weighted by molar-refractivity contribution is 0.344. The van der Waals surface area contributed by atoms with E-state index in [2.05, 4.69) is 6.07 Å². The first-order valence-electron chi connectivity index (χ1n) is 6.21. The molecular weight excluding hydrogens is 270 g/mol. The van der Waals surface area contributed by atoms with E-state index in [1.807, 2.05) is 36.4 Å². The first-order valence-corrected chi connectivity index (χ1v) is 7.20. The third kappa shape index (κ3) is 4.22. The molecule has 0 heterocycles. The summed E-state index contributed by atoms with van der Waals surface area (Å²) in [6.07, 6.45) is 0. The van der Waals surface area contributed by atoms with Crippen LogP contribution < -0.4 is 9.47 Å². The van der Waals surface area contributed by atoms with E-state index in [4.69, 9.17) is 14.7 Å². The minimum Gasteiger partial charge on any atom is -0.497 e. The molecule has 0 aliphatic rings. The molecule has 0 amide bonds. The zero-order valence-electron chi connectivity index (χ0n) is 11.2. The highest BCUT2D eigenvalue weighted by Gasteiger charge is 1.98. The van der Waals surface area contributed by atoms with Gasteiger partial charge in [0.25, 0.3) is 0 Å². The van der Waals surface area contributed by atoms with Gasteiger partial charge in [-0.2, -0.15) is 5.26 Å². The maximum absolute atomic E-state index is 8.81. The molecule has 2 aromatic rings. The Morgan fingerprint density at radius 2 is 1.90 bits per heavy atom. The van der Waals surface area contributed by atoms with Crippen LogP contribution >= 0.6 is 11.8 Å². The minimum atomic E-state index is 0.603. The molecule has 0 bridgehead atoms. The summed E-state index contributed by atoms with van der Waals surface area (Å²) >= 11 is 1.72. The third-order valence-electron chi connectivity index (χ3n) is 2.64. The van der Waals surface area contributed by atoms with Crippen molar-refractivity contribution in [3.8, 4) is 17.6 Å². The van der Waals surface area contributed by atoms with Gasteiger partial charge in [0.1, 0.15) is 11.5 Å². The molecule has 0 spiro atoms. The average molecular weight is 285 g/mol. The minimum absolute atomic E-state index is 0.603. The van der Waals surface area contributed by atoms with E-state index in [1.165, 1.54) is 4.90 Å². The van der Waals surface area contributed by atoms with Crippen molar-refractivity contribution in [3.63, 3.8) is 0 Å². The van der Waals surface area contributed by atoms with Gasteiger partial charge in [-0.15, -0.1) is 11.8 Å². The van der Waals surface area contributed by atoms with Gasteiger partial charge in [0, 0.05) is 10.6 Å². The van der Waals surface area contributed by atoms with E-state index in [-0.39, 0.29) is 0 Å². The number of hydrogen-bond donors (Lipinski definition) is 0. The summed E-state index contributed by atoms with van der Waals surface area (Å²) in [5.74, 6) is 2.45. The third-order valence-corrected chi connectivity index (χ3v) is 3.62. The number of thioether (sulfide) groups is 1. The summed E-state index contributed by atoms with van der Waals surface area (Å²) in [5, 5.41) is 8.81. The van der Waals surface area contributed by atoms with Gasteiger partial charge in [-0.3, -0.25) is 0 Å². The number of benzene rings is 2. The molecule has 0 saturated heterocycles. The van der Waals surface area contributed by atoms with Gasteiger partial charge in [0.2, 0.25) is 0 Å². The zero-order valence-corrected chi connectivity index (χ0v) is 12.0. The lowest BCUT2D eigenvalue weighted by Crippen LogP contribution is -2.00. The van der Waals surface area contributed by atoms with E-state index in [9.17, 15) is 0 Å². The van der Waals surface area contributed by atoms with Gasteiger partial charge in [-0.1, -0.05) is 6.07 Å². The molecule has 0 saturated carbocycles. The monoisotopic (exact) mass is 285 g/mol. The Bertz CT molecular complexity index is 590. The van der Waals surface area contributed by atoms with Crippen LogP contribution in [-0.4, -0.2) is 19.5 Å². The van der Waals surface area contributed by atoms with E-state index >= 15 is 0 Å². The molecule has 0 N–H and O–H groups in total. The summed E-state index contributed by atoms with van der Waals surface area (Å²) in [7, 11) is 1.66. The Kier molecular flexibility index (Phi) is 5.33. The van der Waals surface area contributed by atoms with E-state index in [0.29, 0.717) is 12.2 Å². The molecule has 102 valence electrons. The lowest BCUT2D eigenvalue weighted by atomic mass is 10.2. The van der Waals surface area contributed by atoms with Crippen molar-refractivity contribution in [2.24, 2.45) is 0 Å². The predicted molar refractivity (Wildman–Crippen MR) is 80.4 cm³/mol. The van der Waals surface area contributed by atoms with Crippen molar-refractivity contribution in [2.75, 3.05) is 19.5 Å². The lowest BCUT2D eigenvalue weighted by Gasteiger charge is -2.06. The highest BCUT2D eigenvalue weighted by Crippen LogP contribution is 2.21. The fourth-order valence-electron chi connectivity index (χ4n) is 1.65. The maximum Gasteiger partial charge on any atom is 0.120 e. The van der Waals surface area contributed by atoms with E-state index < -0.39 is 0 Å². The summed E-state index contributed by atoms with van der Waals surface area (Å²) in [5.41, 5.74) is 0.616. The molecule has 0 aliphatic carbocycles. The normalized spacial score (nSPS) is 9.80. The van der Waals surface area contributed by atoms with Crippen molar-refractivity contribution < 1.29 is 9.47 Å². The Morgan fingerprint density at radius 3 is 2.60 bits per heavy atom. The molecule has 0 aliphatic heterocycles. The van der Waals surface area contributed by atoms with Crippen molar-refractivity contribution in [2.45, 2.75) is 4.90 Å². The SMILES string of the molecule is COc1ccc(SCCOc2cccc(C#N)c2)cc1. The molecule has 0 unspecified atom stereocenters. The van der Waals surface area contributed by atoms with Gasteiger partial charge in [-0.05, 0) is 42.5 Å². The van der Waals surface area contributed by atoms with Crippen molar-refractivity contribution >= 4 is 11.8 Å². The summed E-state index contributed by atoms with van der Waals surface area (Å²) in [4.78, 5) is 1.18. The smallest absolute Gasteiger partial charge is 0.120 e. The molecule has 0 atom stereocenters. The van der Waals surface area contributed by atoms with Gasteiger partial charge in [-0.25, -0.2) is 0 Å². The molecular formula is C16H15NO2S. The number of nitrogens with zero attached hydrogens (tertiary/aromatic N) is 1. The highest BCUT2D eigenvalue weighted by molar-refractivity contribution is 7.99. The molecule has 0 aromatic heterocycles. The first kappa shape index (κ1) is 14.3. The van der Waals surface area contributed by atoms with Crippen LogP contribution in [0.5, 0.6) is 11.5 Å². The molecule has 0 radical (unpaired) electrons. The summed E-state index contributed by atoms with van der Waals surface area (Å²) < 4.78 is 10.7. The predicted octanol–water partition coefficient (Wildman–Crippen LogP) is 3.74. The van der Waals surface area contributed by atoms with Gasteiger partial charge >= 0.3 is 0 Å². The van der Waals surface area contributed by atoms with Gasteiger partial charge in [0.15, 0.2) is 0 Å². The van der Waals surface area contributed by atoms with Crippen LogP contribution in [0.3, 0.4) is 0 Å². The van der Waals surface area contributed by atoms with Crippen LogP contribution in [0.2, 0.25) is 0 Å². The quantitative estimate of drug-likeness (QED) is 0.599. The number of hydrogen-bond acceptors (Lipinski definition) is 4. The standard InChI is InChI=1S/C16H15NO2S/c1-18-14-5-7-16(8-6-14)20-10-9-19-15-4-2-3-13(11-15)12-17/h2-8,11H,9-10H2,1H3. The molecule has 20 heavy (non-hydrogen) atoms. The Labute approximate surface area is 123 Å². The van der Waals surface area contributed by atoms with E-state index in [1.54, 1.807) is 31.0 Å². The molecule has 2 aromatic carbocycles. The Balaban J connectivity index is 1.77. The van der Waals surface area contributed by atoms with Crippen LogP contribution in [-0.2, 0) is 0 Å². The summed E-state index contributed by atoms with van der Waals surface area (Å²) in [6, 6.07) is 17.2. The molecule has 2 rings (SSSR count). The molecule has 0 fully saturated rings. The second-order valence-electron chi connectivity index (χ2n) is 4.01. The van der Waals surface area contributed by atoms with Gasteiger partial charge < -0.3 is 9.47 Å². The van der Waals surface area contributed by atoms with Crippen molar-refractivity contribution in [3.05, 3.63) is 54.1 Å².